The SMILES string of the molecule is COc1ccc(-c2n[nH]c(=S)n2CCC(=O)Nc2ccc(Sc3ccc(C)c(C)c3)cc2)cc1. The van der Waals surface area contributed by atoms with Gasteiger partial charge in [-0.3, -0.25) is 14.5 Å². The molecule has 34 heavy (non-hydrogen) atoms. The molecule has 0 aliphatic rings. The molecule has 4 rings (SSSR count). The van der Waals surface area contributed by atoms with Gasteiger partial charge in [0.05, 0.1) is 7.11 Å². The fourth-order valence-corrected chi connectivity index (χ4v) is 4.58. The van der Waals surface area contributed by atoms with Crippen LogP contribution in [0.4, 0.5) is 5.69 Å². The Hall–Kier alpha value is -3.36. The standard InChI is InChI=1S/C26H26N4O2S2/c1-17-4-11-23(16-18(17)2)34-22-12-7-20(8-13-22)27-24(31)14-15-30-25(28-29-26(30)33)19-5-9-21(32-3)10-6-19/h4-13,16H,14-15H2,1-3H3,(H,27,31)(H,29,33). The zero-order chi connectivity index (χ0) is 24.1. The Balaban J connectivity index is 1.36. The first-order valence-corrected chi connectivity index (χ1v) is 12.1. The monoisotopic (exact) mass is 490 g/mol. The smallest absolute Gasteiger partial charge is 0.226 e. The van der Waals surface area contributed by atoms with Gasteiger partial charge >= 0.3 is 0 Å². The lowest BCUT2D eigenvalue weighted by Crippen LogP contribution is -2.15. The van der Waals surface area contributed by atoms with Gasteiger partial charge in [-0.1, -0.05) is 17.8 Å². The summed E-state index contributed by atoms with van der Waals surface area (Å²) < 4.78 is 7.52. The van der Waals surface area contributed by atoms with Crippen molar-refractivity contribution in [3.05, 3.63) is 82.6 Å². The quantitative estimate of drug-likeness (QED) is 0.279. The Kier molecular flexibility index (Phi) is 7.49. The van der Waals surface area contributed by atoms with Gasteiger partial charge in [0.25, 0.3) is 0 Å². The van der Waals surface area contributed by atoms with E-state index >= 15 is 0 Å². The van der Waals surface area contributed by atoms with E-state index in [-0.39, 0.29) is 12.3 Å². The number of carbonyl (C=O) groups excluding carboxylic acids is 1. The highest BCUT2D eigenvalue weighted by Crippen LogP contribution is 2.30. The second kappa shape index (κ2) is 10.7. The number of aromatic amines is 1. The van der Waals surface area contributed by atoms with E-state index in [0.717, 1.165) is 21.9 Å². The van der Waals surface area contributed by atoms with Gasteiger partial charge in [0, 0.05) is 34.0 Å². The largest absolute Gasteiger partial charge is 0.497 e. The van der Waals surface area contributed by atoms with Gasteiger partial charge in [0.1, 0.15) is 5.75 Å². The lowest BCUT2D eigenvalue weighted by atomic mass is 10.1. The molecule has 0 unspecified atom stereocenters. The van der Waals surface area contributed by atoms with Crippen molar-refractivity contribution >= 4 is 35.6 Å². The molecule has 0 bridgehead atoms. The van der Waals surface area contributed by atoms with Crippen LogP contribution in [0.5, 0.6) is 5.75 Å². The van der Waals surface area contributed by atoms with Crippen LogP contribution in [0.15, 0.2) is 76.5 Å². The van der Waals surface area contributed by atoms with Crippen LogP contribution in [0.1, 0.15) is 17.5 Å². The van der Waals surface area contributed by atoms with Crippen molar-refractivity contribution < 1.29 is 9.53 Å². The summed E-state index contributed by atoms with van der Waals surface area (Å²) in [6.45, 7) is 4.65. The predicted octanol–water partition coefficient (Wildman–Crippen LogP) is 6.41. The third kappa shape index (κ3) is 5.76. The maximum absolute atomic E-state index is 12.6. The molecule has 0 radical (unpaired) electrons. The molecule has 3 aromatic carbocycles. The normalized spacial score (nSPS) is 10.8. The Bertz CT molecular complexity index is 1340. The number of hydrogen-bond acceptors (Lipinski definition) is 5. The molecule has 0 spiro atoms. The Labute approximate surface area is 208 Å². The summed E-state index contributed by atoms with van der Waals surface area (Å²) in [5, 5.41) is 10.1. The molecule has 0 saturated heterocycles. The van der Waals surface area contributed by atoms with E-state index in [1.807, 2.05) is 53.1 Å². The number of nitrogens with one attached hydrogen (secondary N) is 2. The number of methoxy groups -OCH3 is 1. The minimum Gasteiger partial charge on any atom is -0.497 e. The van der Waals surface area contributed by atoms with Crippen LogP contribution in [0.25, 0.3) is 11.4 Å². The minimum atomic E-state index is -0.0849. The van der Waals surface area contributed by atoms with Crippen molar-refractivity contribution in [3.63, 3.8) is 0 Å². The van der Waals surface area contributed by atoms with E-state index in [0.29, 0.717) is 17.1 Å². The Morgan fingerprint density at radius 2 is 1.74 bits per heavy atom. The molecule has 174 valence electrons. The summed E-state index contributed by atoms with van der Waals surface area (Å²) >= 11 is 7.08. The molecule has 8 heteroatoms. The molecule has 0 saturated carbocycles. The summed E-state index contributed by atoms with van der Waals surface area (Å²) in [5.74, 6) is 1.37. The zero-order valence-corrected chi connectivity index (χ0v) is 20.9. The van der Waals surface area contributed by atoms with Crippen LogP contribution in [-0.4, -0.2) is 27.8 Å². The number of benzene rings is 3. The van der Waals surface area contributed by atoms with E-state index in [2.05, 4.69) is 47.6 Å². The number of aryl methyl sites for hydroxylation is 2. The first-order valence-electron chi connectivity index (χ1n) is 10.9. The average molecular weight is 491 g/mol. The third-order valence-corrected chi connectivity index (χ3v) is 6.83. The second-order valence-corrected chi connectivity index (χ2v) is 9.44. The van der Waals surface area contributed by atoms with Gasteiger partial charge in [-0.15, -0.1) is 0 Å². The van der Waals surface area contributed by atoms with Crippen LogP contribution in [0, 0.1) is 18.6 Å². The Morgan fingerprint density at radius 1 is 1.03 bits per heavy atom. The number of ether oxygens (including phenoxy) is 1. The van der Waals surface area contributed by atoms with Crippen LogP contribution < -0.4 is 10.1 Å². The molecule has 6 nitrogen and oxygen atoms in total. The molecule has 1 aromatic heterocycles. The zero-order valence-electron chi connectivity index (χ0n) is 19.3. The topological polar surface area (TPSA) is 71.9 Å². The molecular weight excluding hydrogens is 464 g/mol. The Morgan fingerprint density at radius 3 is 2.41 bits per heavy atom. The summed E-state index contributed by atoms with van der Waals surface area (Å²) in [5.41, 5.74) is 4.23. The van der Waals surface area contributed by atoms with Crippen molar-refractivity contribution in [2.45, 2.75) is 36.6 Å². The number of H-pyrrole nitrogens is 1. The molecular formula is C26H26N4O2S2. The fourth-order valence-electron chi connectivity index (χ4n) is 3.44. The predicted molar refractivity (Wildman–Crippen MR) is 139 cm³/mol. The van der Waals surface area contributed by atoms with Gasteiger partial charge in [0.2, 0.25) is 5.91 Å². The minimum absolute atomic E-state index is 0.0849. The van der Waals surface area contributed by atoms with E-state index in [9.17, 15) is 4.79 Å². The molecule has 0 aliphatic heterocycles. The summed E-state index contributed by atoms with van der Waals surface area (Å²) in [6.07, 6.45) is 0.274. The van der Waals surface area contributed by atoms with Crippen molar-refractivity contribution in [2.24, 2.45) is 0 Å². The maximum atomic E-state index is 12.6. The van der Waals surface area contributed by atoms with E-state index in [4.69, 9.17) is 17.0 Å². The van der Waals surface area contributed by atoms with Crippen molar-refractivity contribution in [3.8, 4) is 17.1 Å². The van der Waals surface area contributed by atoms with Gasteiger partial charge in [-0.25, -0.2) is 0 Å². The lowest BCUT2D eigenvalue weighted by molar-refractivity contribution is -0.116. The highest BCUT2D eigenvalue weighted by molar-refractivity contribution is 7.99. The molecule has 1 heterocycles. The average Bonchev–Trinajstić information content (AvgIpc) is 3.21. The summed E-state index contributed by atoms with van der Waals surface area (Å²) in [6, 6.07) is 21.9. The molecule has 1 amide bonds. The number of hydrogen-bond donors (Lipinski definition) is 2. The molecule has 0 atom stereocenters. The number of aromatic nitrogens is 3. The van der Waals surface area contributed by atoms with Gasteiger partial charge < -0.3 is 10.1 Å². The highest BCUT2D eigenvalue weighted by atomic mass is 32.2. The number of amides is 1. The van der Waals surface area contributed by atoms with Crippen LogP contribution >= 0.6 is 24.0 Å². The highest BCUT2D eigenvalue weighted by Gasteiger charge is 2.11. The number of carbonyl (C=O) groups is 1. The van der Waals surface area contributed by atoms with Crippen molar-refractivity contribution in [2.75, 3.05) is 12.4 Å². The van der Waals surface area contributed by atoms with E-state index < -0.39 is 0 Å². The first-order chi connectivity index (χ1) is 16.4. The number of nitrogens with zero attached hydrogens (tertiary/aromatic N) is 2. The third-order valence-electron chi connectivity index (χ3n) is 5.52. The first kappa shape index (κ1) is 23.8. The molecule has 4 aromatic rings. The van der Waals surface area contributed by atoms with E-state index in [1.54, 1.807) is 18.9 Å². The van der Waals surface area contributed by atoms with Crippen molar-refractivity contribution in [1.82, 2.24) is 14.8 Å². The fraction of sp³-hybridized carbons (Fsp3) is 0.192. The molecule has 2 N–H and O–H groups in total. The van der Waals surface area contributed by atoms with Gasteiger partial charge in [-0.2, -0.15) is 5.10 Å². The van der Waals surface area contributed by atoms with Crippen LogP contribution in [0.3, 0.4) is 0 Å². The summed E-state index contributed by atoms with van der Waals surface area (Å²) in [7, 11) is 1.63. The summed E-state index contributed by atoms with van der Waals surface area (Å²) in [4.78, 5) is 14.9. The van der Waals surface area contributed by atoms with Crippen LogP contribution in [-0.2, 0) is 11.3 Å². The molecule has 0 aliphatic carbocycles. The maximum Gasteiger partial charge on any atom is 0.226 e. The van der Waals surface area contributed by atoms with Crippen molar-refractivity contribution in [1.29, 1.82) is 0 Å². The van der Waals surface area contributed by atoms with Gasteiger partial charge in [-0.05, 0) is 97.9 Å². The number of anilines is 1. The number of rotatable bonds is 8. The second-order valence-electron chi connectivity index (χ2n) is 7.90. The van der Waals surface area contributed by atoms with Gasteiger partial charge in [0.15, 0.2) is 10.6 Å². The van der Waals surface area contributed by atoms with E-state index in [1.165, 1.54) is 16.0 Å². The lowest BCUT2D eigenvalue weighted by Gasteiger charge is -2.09. The molecule has 0 fully saturated rings. The van der Waals surface area contributed by atoms with Crippen LogP contribution in [0.2, 0.25) is 0 Å².